The largest absolute Gasteiger partial charge is 0.573 e. The molecule has 1 aromatic carbocycles. The number of alkyl halides is 3. The lowest BCUT2D eigenvalue weighted by atomic mass is 9.63. The Kier molecular flexibility index (Phi) is 3.00. The van der Waals surface area contributed by atoms with Crippen LogP contribution >= 0.6 is 0 Å². The van der Waals surface area contributed by atoms with Gasteiger partial charge in [0.15, 0.2) is 0 Å². The highest BCUT2D eigenvalue weighted by Gasteiger charge is 2.51. The first-order chi connectivity index (χ1) is 8.73. The van der Waals surface area contributed by atoms with E-state index in [9.17, 15) is 22.8 Å². The molecule has 1 saturated carbocycles. The number of hydrogen-bond acceptors (Lipinski definition) is 3. The summed E-state index contributed by atoms with van der Waals surface area (Å²) in [5.41, 5.74) is -1.29. The van der Waals surface area contributed by atoms with E-state index in [0.717, 1.165) is 12.1 Å². The number of hydrogen-bond donors (Lipinski definition) is 1. The van der Waals surface area contributed by atoms with Gasteiger partial charge in [-0.1, -0.05) is 12.1 Å². The maximum atomic E-state index is 12.1. The molecule has 4 nitrogen and oxygen atoms in total. The Hall–Kier alpha value is -2.05. The number of carbonyl (C=O) groups excluding carboxylic acids is 1. The molecule has 1 aliphatic rings. The minimum atomic E-state index is -4.84. The van der Waals surface area contributed by atoms with Gasteiger partial charge in [-0.2, -0.15) is 0 Å². The highest BCUT2D eigenvalue weighted by Crippen LogP contribution is 2.42. The Morgan fingerprint density at radius 2 is 1.95 bits per heavy atom. The molecule has 0 saturated heterocycles. The van der Waals surface area contributed by atoms with Crippen molar-refractivity contribution in [1.82, 2.24) is 0 Å². The van der Waals surface area contributed by atoms with Crippen LogP contribution in [-0.2, 0) is 15.0 Å². The molecule has 1 fully saturated rings. The van der Waals surface area contributed by atoms with E-state index in [1.807, 2.05) is 0 Å². The van der Waals surface area contributed by atoms with Gasteiger partial charge in [-0.05, 0) is 17.7 Å². The molecule has 0 heterocycles. The third-order valence-corrected chi connectivity index (χ3v) is 3.03. The number of carbonyl (C=O) groups is 2. The lowest BCUT2D eigenvalue weighted by Gasteiger charge is -2.36. The van der Waals surface area contributed by atoms with E-state index in [1.165, 1.54) is 12.1 Å². The van der Waals surface area contributed by atoms with Crippen molar-refractivity contribution in [3.63, 3.8) is 0 Å². The monoisotopic (exact) mass is 274 g/mol. The molecule has 0 aliphatic heterocycles. The van der Waals surface area contributed by atoms with Crippen molar-refractivity contribution in [2.45, 2.75) is 24.6 Å². The average Bonchev–Trinajstić information content (AvgIpc) is 2.22. The molecule has 1 aromatic rings. The van der Waals surface area contributed by atoms with Crippen molar-refractivity contribution in [2.24, 2.45) is 0 Å². The van der Waals surface area contributed by atoms with Gasteiger partial charge in [0.2, 0.25) is 0 Å². The van der Waals surface area contributed by atoms with Crippen LogP contribution < -0.4 is 4.74 Å². The average molecular weight is 274 g/mol. The van der Waals surface area contributed by atoms with Crippen LogP contribution in [0.1, 0.15) is 18.4 Å². The summed E-state index contributed by atoms with van der Waals surface area (Å²) in [4.78, 5) is 22.3. The van der Waals surface area contributed by atoms with E-state index >= 15 is 0 Å². The van der Waals surface area contributed by atoms with Gasteiger partial charge in [-0.3, -0.25) is 9.59 Å². The van der Waals surface area contributed by atoms with Gasteiger partial charge >= 0.3 is 12.3 Å². The fourth-order valence-electron chi connectivity index (χ4n) is 2.09. The third-order valence-electron chi connectivity index (χ3n) is 3.03. The first-order valence-corrected chi connectivity index (χ1v) is 5.34. The zero-order valence-electron chi connectivity index (χ0n) is 9.53. The van der Waals surface area contributed by atoms with E-state index in [0.29, 0.717) is 0 Å². The molecule has 0 bridgehead atoms. The predicted octanol–water partition coefficient (Wildman–Crippen LogP) is 2.27. The van der Waals surface area contributed by atoms with E-state index in [4.69, 9.17) is 5.11 Å². The van der Waals surface area contributed by atoms with Crippen molar-refractivity contribution in [3.8, 4) is 5.75 Å². The Morgan fingerprint density at radius 3 is 2.42 bits per heavy atom. The van der Waals surface area contributed by atoms with E-state index in [-0.39, 0.29) is 24.2 Å². The first kappa shape index (κ1) is 13.4. The predicted molar refractivity (Wildman–Crippen MR) is 56.7 cm³/mol. The smallest absolute Gasteiger partial charge is 0.481 e. The lowest BCUT2D eigenvalue weighted by Crippen LogP contribution is -2.48. The molecule has 2 rings (SSSR count). The van der Waals surface area contributed by atoms with Gasteiger partial charge in [-0.25, -0.2) is 0 Å². The van der Waals surface area contributed by atoms with Gasteiger partial charge < -0.3 is 9.84 Å². The Labute approximate surface area is 105 Å². The number of carboxylic acid groups (broad SMARTS) is 1. The molecular formula is C12H9F3O4. The third kappa shape index (κ3) is 2.54. The van der Waals surface area contributed by atoms with Crippen LogP contribution in [0.3, 0.4) is 0 Å². The minimum Gasteiger partial charge on any atom is -0.481 e. The highest BCUT2D eigenvalue weighted by molar-refractivity contribution is 6.01. The van der Waals surface area contributed by atoms with Gasteiger partial charge in [0, 0.05) is 12.8 Å². The fourth-order valence-corrected chi connectivity index (χ4v) is 2.09. The molecule has 0 amide bonds. The number of benzene rings is 1. The molecule has 0 spiro atoms. The molecule has 0 unspecified atom stereocenters. The Morgan fingerprint density at radius 1 is 1.32 bits per heavy atom. The van der Waals surface area contributed by atoms with Crippen LogP contribution in [0, 0.1) is 0 Å². The summed E-state index contributed by atoms with van der Waals surface area (Å²) in [5, 5.41) is 9.16. The molecule has 1 aliphatic carbocycles. The first-order valence-electron chi connectivity index (χ1n) is 5.34. The molecule has 0 radical (unpaired) electrons. The van der Waals surface area contributed by atoms with E-state index < -0.39 is 23.5 Å². The number of ketones is 1. The van der Waals surface area contributed by atoms with E-state index in [2.05, 4.69) is 4.74 Å². The maximum Gasteiger partial charge on any atom is 0.573 e. The molecule has 7 heteroatoms. The topological polar surface area (TPSA) is 63.6 Å². The van der Waals surface area contributed by atoms with Gasteiger partial charge in [0.1, 0.15) is 16.9 Å². The van der Waals surface area contributed by atoms with Crippen molar-refractivity contribution < 1.29 is 32.6 Å². The summed E-state index contributed by atoms with van der Waals surface area (Å²) < 4.78 is 40.0. The minimum absolute atomic E-state index is 0.140. The fraction of sp³-hybridized carbons (Fsp3) is 0.333. The second kappa shape index (κ2) is 4.25. The second-order valence-corrected chi connectivity index (χ2v) is 4.36. The number of carboxylic acids is 1. The van der Waals surface area contributed by atoms with Crippen LogP contribution in [0.25, 0.3) is 0 Å². The normalized spacial score (nSPS) is 17.7. The quantitative estimate of drug-likeness (QED) is 0.918. The lowest BCUT2D eigenvalue weighted by molar-refractivity contribution is -0.274. The number of aliphatic carboxylic acids is 1. The molecule has 102 valence electrons. The van der Waals surface area contributed by atoms with Crippen LogP contribution in [0.5, 0.6) is 5.75 Å². The summed E-state index contributed by atoms with van der Waals surface area (Å²) in [6, 6.07) is 4.73. The summed E-state index contributed by atoms with van der Waals surface area (Å²) in [6.07, 6.45) is -5.26. The number of rotatable bonds is 3. The second-order valence-electron chi connectivity index (χ2n) is 4.36. The summed E-state index contributed by atoms with van der Waals surface area (Å²) in [5.74, 6) is -1.95. The number of Topliss-reactive ketones (excluding diaryl/α,β-unsaturated/α-hetero) is 1. The zero-order chi connectivity index (χ0) is 14.3. The van der Waals surface area contributed by atoms with Crippen LogP contribution in [0.15, 0.2) is 24.3 Å². The van der Waals surface area contributed by atoms with E-state index in [1.54, 1.807) is 0 Å². The van der Waals surface area contributed by atoms with Crippen molar-refractivity contribution in [1.29, 1.82) is 0 Å². The van der Waals surface area contributed by atoms with Gasteiger partial charge in [0.05, 0.1) is 0 Å². The SMILES string of the molecule is O=C1CC(C(=O)O)(c2cccc(OC(F)(F)F)c2)C1. The molecule has 1 N–H and O–H groups in total. The van der Waals surface area contributed by atoms with Crippen LogP contribution in [0.2, 0.25) is 0 Å². The summed E-state index contributed by atoms with van der Waals surface area (Å²) in [7, 11) is 0. The molecule has 0 atom stereocenters. The number of halogens is 3. The van der Waals surface area contributed by atoms with Crippen molar-refractivity contribution >= 4 is 11.8 Å². The molecule has 0 aromatic heterocycles. The zero-order valence-corrected chi connectivity index (χ0v) is 9.53. The van der Waals surface area contributed by atoms with Crippen LogP contribution in [0.4, 0.5) is 13.2 Å². The highest BCUT2D eigenvalue weighted by atomic mass is 19.4. The van der Waals surface area contributed by atoms with Crippen LogP contribution in [-0.4, -0.2) is 23.2 Å². The van der Waals surface area contributed by atoms with Crippen molar-refractivity contribution in [2.75, 3.05) is 0 Å². The molecular weight excluding hydrogens is 265 g/mol. The summed E-state index contributed by atoms with van der Waals surface area (Å²) in [6.45, 7) is 0. The Balaban J connectivity index is 2.33. The summed E-state index contributed by atoms with van der Waals surface area (Å²) >= 11 is 0. The number of ether oxygens (including phenoxy) is 1. The maximum absolute atomic E-state index is 12.1. The Bertz CT molecular complexity index is 528. The van der Waals surface area contributed by atoms with Gasteiger partial charge in [0.25, 0.3) is 0 Å². The van der Waals surface area contributed by atoms with Crippen molar-refractivity contribution in [3.05, 3.63) is 29.8 Å². The molecule has 19 heavy (non-hydrogen) atoms. The standard InChI is InChI=1S/C12H9F3O4/c13-12(14,15)19-9-3-1-2-7(4-9)11(10(17)18)5-8(16)6-11/h1-4H,5-6H2,(H,17,18). The van der Waals surface area contributed by atoms with Gasteiger partial charge in [-0.15, -0.1) is 13.2 Å².